The smallest absolute Gasteiger partial charge is 0.303 e. The molecule has 1 aliphatic rings. The van der Waals surface area contributed by atoms with E-state index < -0.39 is 5.97 Å². The van der Waals surface area contributed by atoms with Crippen LogP contribution in [0.2, 0.25) is 0 Å². The van der Waals surface area contributed by atoms with Gasteiger partial charge in [-0.15, -0.1) is 11.3 Å². The number of rotatable bonds is 8. The van der Waals surface area contributed by atoms with Crippen molar-refractivity contribution < 1.29 is 14.6 Å². The molecule has 1 atom stereocenters. The third-order valence-corrected chi connectivity index (χ3v) is 7.12. The van der Waals surface area contributed by atoms with Gasteiger partial charge in [-0.05, 0) is 60.4 Å². The van der Waals surface area contributed by atoms with Gasteiger partial charge in [0.1, 0.15) is 10.8 Å². The SMILES string of the molecule is Cc1sc(-c2ccc(C(C)C)cc2)nc1CCOc1ccc2c(c1)CC[C@H]2CC(=O)O. The van der Waals surface area contributed by atoms with Crippen molar-refractivity contribution in [1.29, 1.82) is 0 Å². The number of fused-ring (bicyclic) bond motifs is 1. The third-order valence-electron chi connectivity index (χ3n) is 6.06. The van der Waals surface area contributed by atoms with Gasteiger partial charge in [-0.1, -0.05) is 44.2 Å². The molecule has 1 aromatic heterocycles. The predicted molar refractivity (Wildman–Crippen MR) is 125 cm³/mol. The Morgan fingerprint density at radius 1 is 1.23 bits per heavy atom. The number of benzene rings is 2. The van der Waals surface area contributed by atoms with Crippen LogP contribution in [0.4, 0.5) is 0 Å². The number of carboxylic acids is 1. The average molecular weight is 436 g/mol. The van der Waals surface area contributed by atoms with Crippen LogP contribution in [-0.4, -0.2) is 22.7 Å². The molecule has 0 amide bonds. The summed E-state index contributed by atoms with van der Waals surface area (Å²) in [5.74, 6) is 0.786. The van der Waals surface area contributed by atoms with Crippen molar-refractivity contribution in [1.82, 2.24) is 4.98 Å². The Morgan fingerprint density at radius 2 is 2.00 bits per heavy atom. The van der Waals surface area contributed by atoms with Crippen molar-refractivity contribution in [3.63, 3.8) is 0 Å². The highest BCUT2D eigenvalue weighted by Crippen LogP contribution is 2.37. The van der Waals surface area contributed by atoms with Gasteiger partial charge in [0.2, 0.25) is 0 Å². The maximum atomic E-state index is 11.0. The Bertz CT molecular complexity index is 1070. The molecule has 0 saturated heterocycles. The lowest BCUT2D eigenvalue weighted by Gasteiger charge is -2.10. The molecule has 0 saturated carbocycles. The topological polar surface area (TPSA) is 59.4 Å². The number of carboxylic acid groups (broad SMARTS) is 1. The molecule has 1 N–H and O–H groups in total. The van der Waals surface area contributed by atoms with Crippen LogP contribution >= 0.6 is 11.3 Å². The molecule has 0 unspecified atom stereocenters. The number of carbonyl (C=O) groups is 1. The highest BCUT2D eigenvalue weighted by molar-refractivity contribution is 7.15. The number of aliphatic carboxylic acids is 1. The van der Waals surface area contributed by atoms with E-state index in [2.05, 4.69) is 51.1 Å². The number of ether oxygens (including phenoxy) is 1. The highest BCUT2D eigenvalue weighted by Gasteiger charge is 2.24. The molecule has 4 nitrogen and oxygen atoms in total. The number of aromatic nitrogens is 1. The maximum absolute atomic E-state index is 11.0. The second-order valence-corrected chi connectivity index (χ2v) is 9.79. The standard InChI is InChI=1S/C26H29NO3S/c1-16(2)18-4-6-19(7-5-18)26-27-24(17(3)31-26)12-13-30-22-10-11-23-20(14-22)8-9-21(23)15-25(28)29/h4-7,10-11,14,16,21H,8-9,12-13,15H2,1-3H3,(H,28,29)/t21-/m0/s1. The lowest BCUT2D eigenvalue weighted by Crippen LogP contribution is -2.04. The molecule has 4 rings (SSSR count). The summed E-state index contributed by atoms with van der Waals surface area (Å²) < 4.78 is 6.01. The molecule has 2 aromatic carbocycles. The quantitative estimate of drug-likeness (QED) is 0.447. The first-order valence-corrected chi connectivity index (χ1v) is 11.8. The van der Waals surface area contributed by atoms with Gasteiger partial charge in [0.15, 0.2) is 0 Å². The molecule has 162 valence electrons. The monoisotopic (exact) mass is 435 g/mol. The number of hydrogen-bond donors (Lipinski definition) is 1. The summed E-state index contributed by atoms with van der Waals surface area (Å²) in [5, 5.41) is 10.1. The van der Waals surface area contributed by atoms with Gasteiger partial charge < -0.3 is 9.84 Å². The van der Waals surface area contributed by atoms with Gasteiger partial charge in [0.05, 0.1) is 18.7 Å². The molecule has 5 heteroatoms. The Balaban J connectivity index is 1.37. The zero-order valence-electron chi connectivity index (χ0n) is 18.4. The Labute approximate surface area is 187 Å². The van der Waals surface area contributed by atoms with Crippen LogP contribution in [0, 0.1) is 6.92 Å². The lowest BCUT2D eigenvalue weighted by atomic mass is 9.98. The first-order valence-electron chi connectivity index (χ1n) is 10.9. The van der Waals surface area contributed by atoms with Gasteiger partial charge in [0, 0.05) is 16.9 Å². The van der Waals surface area contributed by atoms with Gasteiger partial charge in [-0.25, -0.2) is 4.98 Å². The van der Waals surface area contributed by atoms with Crippen molar-refractivity contribution in [2.75, 3.05) is 6.61 Å². The van der Waals surface area contributed by atoms with E-state index in [0.29, 0.717) is 12.5 Å². The molecule has 1 heterocycles. The summed E-state index contributed by atoms with van der Waals surface area (Å²) in [5.41, 5.74) is 5.99. The molecule has 0 spiro atoms. The molecule has 31 heavy (non-hydrogen) atoms. The van der Waals surface area contributed by atoms with Gasteiger partial charge in [-0.3, -0.25) is 4.79 Å². The Hall–Kier alpha value is -2.66. The minimum Gasteiger partial charge on any atom is -0.493 e. The summed E-state index contributed by atoms with van der Waals surface area (Å²) in [4.78, 5) is 17.1. The summed E-state index contributed by atoms with van der Waals surface area (Å²) in [6.07, 6.45) is 2.81. The minimum absolute atomic E-state index is 0.132. The van der Waals surface area contributed by atoms with Crippen LogP contribution in [0.1, 0.15) is 65.8 Å². The van der Waals surface area contributed by atoms with E-state index >= 15 is 0 Å². The molecule has 0 fully saturated rings. The zero-order valence-corrected chi connectivity index (χ0v) is 19.2. The summed E-state index contributed by atoms with van der Waals surface area (Å²) in [6, 6.07) is 14.8. The largest absolute Gasteiger partial charge is 0.493 e. The number of nitrogens with zero attached hydrogens (tertiary/aromatic N) is 1. The number of aryl methyl sites for hydroxylation is 2. The molecule has 0 aliphatic heterocycles. The summed E-state index contributed by atoms with van der Waals surface area (Å²) in [6.45, 7) is 7.11. The molecule has 0 bridgehead atoms. The van der Waals surface area contributed by atoms with Crippen molar-refractivity contribution in [3.8, 4) is 16.3 Å². The summed E-state index contributed by atoms with van der Waals surface area (Å²) >= 11 is 1.73. The number of hydrogen-bond acceptors (Lipinski definition) is 4. The second kappa shape index (κ2) is 9.23. The second-order valence-electron chi connectivity index (χ2n) is 8.59. The molecule has 3 aromatic rings. The fourth-order valence-electron chi connectivity index (χ4n) is 4.25. The lowest BCUT2D eigenvalue weighted by molar-refractivity contribution is -0.137. The highest BCUT2D eigenvalue weighted by atomic mass is 32.1. The van der Waals surface area contributed by atoms with Crippen LogP contribution in [-0.2, 0) is 17.6 Å². The van der Waals surface area contributed by atoms with Crippen LogP contribution in [0.25, 0.3) is 10.6 Å². The van der Waals surface area contributed by atoms with E-state index in [1.54, 1.807) is 11.3 Å². The van der Waals surface area contributed by atoms with Gasteiger partial charge >= 0.3 is 5.97 Å². The van der Waals surface area contributed by atoms with Crippen LogP contribution in [0.3, 0.4) is 0 Å². The normalized spacial score (nSPS) is 15.3. The Kier molecular flexibility index (Phi) is 6.42. The Morgan fingerprint density at radius 3 is 2.71 bits per heavy atom. The van der Waals surface area contributed by atoms with E-state index in [9.17, 15) is 4.79 Å². The zero-order chi connectivity index (χ0) is 22.0. The molecule has 0 radical (unpaired) electrons. The fourth-order valence-corrected chi connectivity index (χ4v) is 5.22. The first kappa shape index (κ1) is 21.6. The van der Waals surface area contributed by atoms with Crippen LogP contribution in [0.5, 0.6) is 5.75 Å². The van der Waals surface area contributed by atoms with Crippen LogP contribution in [0.15, 0.2) is 42.5 Å². The van der Waals surface area contributed by atoms with E-state index in [0.717, 1.165) is 35.7 Å². The molecular weight excluding hydrogens is 406 g/mol. The maximum Gasteiger partial charge on any atom is 0.303 e. The third kappa shape index (κ3) is 4.99. The summed E-state index contributed by atoms with van der Waals surface area (Å²) in [7, 11) is 0. The minimum atomic E-state index is -0.730. The molecular formula is C26H29NO3S. The van der Waals surface area contributed by atoms with Gasteiger partial charge in [0.25, 0.3) is 0 Å². The van der Waals surface area contributed by atoms with Crippen molar-refractivity contribution in [2.24, 2.45) is 0 Å². The van der Waals surface area contributed by atoms with E-state index in [1.807, 2.05) is 12.1 Å². The molecule has 1 aliphatic carbocycles. The fraction of sp³-hybridized carbons (Fsp3) is 0.385. The average Bonchev–Trinajstić information content (AvgIpc) is 3.31. The van der Waals surface area contributed by atoms with Crippen molar-refractivity contribution in [2.45, 2.75) is 58.3 Å². The first-order chi connectivity index (χ1) is 14.9. The predicted octanol–water partition coefficient (Wildman–Crippen LogP) is 6.37. The van der Waals surface area contributed by atoms with Crippen LogP contribution < -0.4 is 4.74 Å². The van der Waals surface area contributed by atoms with E-state index in [1.165, 1.54) is 27.1 Å². The number of thiazole rings is 1. The van der Waals surface area contributed by atoms with Crippen molar-refractivity contribution >= 4 is 17.3 Å². The van der Waals surface area contributed by atoms with E-state index in [-0.39, 0.29) is 12.3 Å². The van der Waals surface area contributed by atoms with Gasteiger partial charge in [-0.2, -0.15) is 0 Å². The van der Waals surface area contributed by atoms with Crippen molar-refractivity contribution in [3.05, 3.63) is 69.7 Å². The van der Waals surface area contributed by atoms with E-state index in [4.69, 9.17) is 14.8 Å².